The summed E-state index contributed by atoms with van der Waals surface area (Å²) in [6.45, 7) is 0. The Labute approximate surface area is 108 Å². The first-order chi connectivity index (χ1) is 9.08. The molecular weight excluding hydrogens is 244 g/mol. The van der Waals surface area contributed by atoms with E-state index in [1.807, 2.05) is 12.1 Å². The molecule has 1 unspecified atom stereocenters. The van der Waals surface area contributed by atoms with Crippen molar-refractivity contribution in [1.29, 1.82) is 0 Å². The lowest BCUT2D eigenvalue weighted by atomic mass is 9.85. The molecule has 0 amide bonds. The normalized spacial score (nSPS) is 16.5. The van der Waals surface area contributed by atoms with Gasteiger partial charge in [0, 0.05) is 0 Å². The molecule has 2 aromatic carbocycles. The average Bonchev–Trinajstić information content (AvgIpc) is 2.38. The van der Waals surface area contributed by atoms with Crippen LogP contribution in [0.3, 0.4) is 0 Å². The van der Waals surface area contributed by atoms with E-state index in [0.29, 0.717) is 5.56 Å². The van der Waals surface area contributed by atoms with E-state index < -0.39 is 17.9 Å². The van der Waals surface area contributed by atoms with Gasteiger partial charge >= 0.3 is 11.9 Å². The molecule has 1 atom stereocenters. The Morgan fingerprint density at radius 3 is 2.58 bits per heavy atom. The van der Waals surface area contributed by atoms with Crippen LogP contribution in [0.4, 0.5) is 0 Å². The monoisotopic (exact) mass is 254 g/mol. The molecule has 0 aliphatic heterocycles. The highest BCUT2D eigenvalue weighted by Crippen LogP contribution is 2.35. The van der Waals surface area contributed by atoms with Crippen molar-refractivity contribution in [2.75, 3.05) is 0 Å². The third-order valence-electron chi connectivity index (χ3n) is 3.36. The van der Waals surface area contributed by atoms with Gasteiger partial charge in [-0.05, 0) is 34.0 Å². The molecule has 4 nitrogen and oxygen atoms in total. The molecule has 0 aromatic heterocycles. The minimum atomic E-state index is -1.05. The van der Waals surface area contributed by atoms with E-state index in [-0.39, 0.29) is 5.56 Å². The highest BCUT2D eigenvalue weighted by Gasteiger charge is 2.24. The van der Waals surface area contributed by atoms with Crippen molar-refractivity contribution in [3.63, 3.8) is 0 Å². The van der Waals surface area contributed by atoms with Gasteiger partial charge in [0.05, 0.1) is 5.56 Å². The van der Waals surface area contributed by atoms with E-state index in [9.17, 15) is 14.7 Å². The summed E-state index contributed by atoms with van der Waals surface area (Å²) < 4.78 is 0. The minimum absolute atomic E-state index is 0.112. The molecule has 0 bridgehead atoms. The highest BCUT2D eigenvalue weighted by atomic mass is 16.4. The summed E-state index contributed by atoms with van der Waals surface area (Å²) in [6.07, 6.45) is 3.36. The number of hydrogen-bond donors (Lipinski definition) is 2. The van der Waals surface area contributed by atoms with Crippen LogP contribution in [0.5, 0.6) is 0 Å². The molecule has 0 radical (unpaired) electrons. The van der Waals surface area contributed by atoms with E-state index in [1.165, 1.54) is 6.07 Å². The quantitative estimate of drug-likeness (QED) is 0.864. The van der Waals surface area contributed by atoms with Gasteiger partial charge in [0.1, 0.15) is 5.92 Å². The van der Waals surface area contributed by atoms with Crippen molar-refractivity contribution < 1.29 is 19.8 Å². The van der Waals surface area contributed by atoms with Crippen LogP contribution in [-0.2, 0) is 4.79 Å². The smallest absolute Gasteiger partial charge is 0.335 e. The van der Waals surface area contributed by atoms with Crippen molar-refractivity contribution in [2.45, 2.75) is 5.92 Å². The molecule has 0 spiro atoms. The van der Waals surface area contributed by atoms with Gasteiger partial charge in [-0.1, -0.05) is 30.4 Å². The number of carboxylic acids is 2. The van der Waals surface area contributed by atoms with E-state index in [2.05, 4.69) is 0 Å². The third-order valence-corrected chi connectivity index (χ3v) is 3.36. The van der Waals surface area contributed by atoms with Crippen LogP contribution in [0.1, 0.15) is 27.4 Å². The largest absolute Gasteiger partial charge is 0.481 e. The number of rotatable bonds is 2. The first-order valence-corrected chi connectivity index (χ1v) is 5.79. The zero-order valence-corrected chi connectivity index (χ0v) is 9.83. The fourth-order valence-electron chi connectivity index (χ4n) is 2.52. The maximum atomic E-state index is 11.3. The number of benzene rings is 2. The highest BCUT2D eigenvalue weighted by molar-refractivity contribution is 6.03. The topological polar surface area (TPSA) is 74.6 Å². The Hall–Kier alpha value is -2.62. The van der Waals surface area contributed by atoms with Crippen molar-refractivity contribution in [3.8, 4) is 0 Å². The summed E-state index contributed by atoms with van der Waals surface area (Å²) in [5, 5.41) is 19.9. The molecule has 4 heteroatoms. The molecule has 0 heterocycles. The summed E-state index contributed by atoms with van der Waals surface area (Å²) >= 11 is 0. The van der Waals surface area contributed by atoms with Crippen LogP contribution < -0.4 is 0 Å². The van der Waals surface area contributed by atoms with Crippen LogP contribution >= 0.6 is 0 Å². The second kappa shape index (κ2) is 3.95. The summed E-state index contributed by atoms with van der Waals surface area (Å²) in [7, 11) is 0. The third kappa shape index (κ3) is 1.69. The van der Waals surface area contributed by atoms with E-state index in [0.717, 1.165) is 16.3 Å². The van der Waals surface area contributed by atoms with Crippen LogP contribution in [-0.4, -0.2) is 22.2 Å². The molecule has 2 aromatic rings. The maximum absolute atomic E-state index is 11.3. The van der Waals surface area contributed by atoms with E-state index >= 15 is 0 Å². The predicted molar refractivity (Wildman–Crippen MR) is 70.3 cm³/mol. The van der Waals surface area contributed by atoms with Gasteiger partial charge < -0.3 is 10.2 Å². The van der Waals surface area contributed by atoms with Gasteiger partial charge in [-0.2, -0.15) is 0 Å². The second-order valence-corrected chi connectivity index (χ2v) is 4.49. The fraction of sp³-hybridized carbons (Fsp3) is 0.0667. The summed E-state index contributed by atoms with van der Waals surface area (Å²) in [4.78, 5) is 22.4. The predicted octanol–water partition coefficient (Wildman–Crippen LogP) is 2.73. The maximum Gasteiger partial charge on any atom is 0.335 e. The van der Waals surface area contributed by atoms with Gasteiger partial charge in [0.25, 0.3) is 0 Å². The van der Waals surface area contributed by atoms with Gasteiger partial charge in [-0.25, -0.2) is 4.79 Å². The Morgan fingerprint density at radius 1 is 1.11 bits per heavy atom. The van der Waals surface area contributed by atoms with Crippen molar-refractivity contribution >= 4 is 28.8 Å². The summed E-state index contributed by atoms with van der Waals surface area (Å²) in [6, 6.07) is 8.55. The van der Waals surface area contributed by atoms with Gasteiger partial charge in [-0.3, -0.25) is 4.79 Å². The second-order valence-electron chi connectivity index (χ2n) is 4.49. The standard InChI is InChI=1S/C15H10O4/c16-14(17)10-6-9-3-1-2-8-4-5-11(15(18)19)12(7-10)13(8)9/h1-7,11H,(H,16,17)(H,18,19). The SMILES string of the molecule is O=C(O)c1cc2c3c(cccc3c1)C=CC2C(=O)O. The van der Waals surface area contributed by atoms with E-state index in [4.69, 9.17) is 5.11 Å². The summed E-state index contributed by atoms with van der Waals surface area (Å²) in [5.74, 6) is -2.83. The van der Waals surface area contributed by atoms with Crippen molar-refractivity contribution in [2.24, 2.45) is 0 Å². The lowest BCUT2D eigenvalue weighted by Gasteiger charge is -2.19. The molecule has 2 N–H and O–H groups in total. The van der Waals surface area contributed by atoms with E-state index in [1.54, 1.807) is 24.3 Å². The van der Waals surface area contributed by atoms with Crippen LogP contribution in [0.25, 0.3) is 16.8 Å². The zero-order chi connectivity index (χ0) is 13.6. The van der Waals surface area contributed by atoms with Crippen LogP contribution in [0.15, 0.2) is 36.4 Å². The molecular formula is C15H10O4. The summed E-state index contributed by atoms with van der Waals surface area (Å²) in [5.41, 5.74) is 1.57. The van der Waals surface area contributed by atoms with Gasteiger partial charge in [0.15, 0.2) is 0 Å². The number of aromatic carboxylic acids is 1. The Kier molecular flexibility index (Phi) is 2.38. The first kappa shape index (κ1) is 11.5. The van der Waals surface area contributed by atoms with Gasteiger partial charge in [0.2, 0.25) is 0 Å². The number of carboxylic acid groups (broad SMARTS) is 2. The lowest BCUT2D eigenvalue weighted by molar-refractivity contribution is -0.137. The zero-order valence-electron chi connectivity index (χ0n) is 9.83. The van der Waals surface area contributed by atoms with Crippen molar-refractivity contribution in [3.05, 3.63) is 53.1 Å². The average molecular weight is 254 g/mol. The lowest BCUT2D eigenvalue weighted by Crippen LogP contribution is -2.13. The Balaban J connectivity index is 2.40. The molecule has 1 aliphatic rings. The van der Waals surface area contributed by atoms with Crippen LogP contribution in [0, 0.1) is 0 Å². The minimum Gasteiger partial charge on any atom is -0.481 e. The first-order valence-electron chi connectivity index (χ1n) is 5.79. The van der Waals surface area contributed by atoms with Gasteiger partial charge in [-0.15, -0.1) is 0 Å². The molecule has 19 heavy (non-hydrogen) atoms. The molecule has 94 valence electrons. The molecule has 3 rings (SSSR count). The Bertz CT molecular complexity index is 743. The van der Waals surface area contributed by atoms with Crippen LogP contribution in [0.2, 0.25) is 0 Å². The van der Waals surface area contributed by atoms with Crippen molar-refractivity contribution in [1.82, 2.24) is 0 Å². The number of hydrogen-bond acceptors (Lipinski definition) is 2. The molecule has 0 saturated heterocycles. The molecule has 1 aliphatic carbocycles. The number of carbonyl (C=O) groups is 2. The molecule has 0 fully saturated rings. The Morgan fingerprint density at radius 2 is 1.89 bits per heavy atom. The number of aliphatic carboxylic acids is 1. The molecule has 0 saturated carbocycles. The fourth-order valence-corrected chi connectivity index (χ4v) is 2.52.